The van der Waals surface area contributed by atoms with Crippen molar-refractivity contribution >= 4 is 21.9 Å². The van der Waals surface area contributed by atoms with Crippen LogP contribution in [-0.4, -0.2) is 19.9 Å². The lowest BCUT2D eigenvalue weighted by Gasteiger charge is -2.11. The van der Waals surface area contributed by atoms with Gasteiger partial charge in [0.1, 0.15) is 16.9 Å². The quantitative estimate of drug-likeness (QED) is 0.154. The Morgan fingerprint density at radius 1 is 0.311 bits per heavy atom. The average molecular weight is 781 g/mol. The minimum atomic E-state index is 0.468. The van der Waals surface area contributed by atoms with E-state index >= 15 is 0 Å². The molecular formula is C56H36N4O. The average Bonchev–Trinajstić information content (AvgIpc) is 3.74. The van der Waals surface area contributed by atoms with E-state index in [1.54, 1.807) is 6.20 Å². The van der Waals surface area contributed by atoms with Crippen molar-refractivity contribution in [1.29, 1.82) is 0 Å². The van der Waals surface area contributed by atoms with Crippen LogP contribution in [0.5, 0.6) is 0 Å². The van der Waals surface area contributed by atoms with Crippen LogP contribution in [0.1, 0.15) is 0 Å². The van der Waals surface area contributed by atoms with E-state index in [-0.39, 0.29) is 0 Å². The van der Waals surface area contributed by atoms with Crippen molar-refractivity contribution in [2.75, 3.05) is 0 Å². The monoisotopic (exact) mass is 780 g/mol. The number of hydrogen-bond donors (Lipinski definition) is 0. The van der Waals surface area contributed by atoms with Crippen molar-refractivity contribution in [1.82, 2.24) is 19.9 Å². The van der Waals surface area contributed by atoms with E-state index in [9.17, 15) is 0 Å². The van der Waals surface area contributed by atoms with Crippen LogP contribution in [0.4, 0.5) is 0 Å². The van der Waals surface area contributed by atoms with Crippen LogP contribution in [0.15, 0.2) is 223 Å². The van der Waals surface area contributed by atoms with Gasteiger partial charge in [0, 0.05) is 28.3 Å². The third-order valence-electron chi connectivity index (χ3n) is 11.3. The minimum absolute atomic E-state index is 0.468. The van der Waals surface area contributed by atoms with Crippen molar-refractivity contribution in [2.45, 2.75) is 0 Å². The first-order valence-corrected chi connectivity index (χ1v) is 20.4. The zero-order valence-corrected chi connectivity index (χ0v) is 33.0. The van der Waals surface area contributed by atoms with Crippen LogP contribution in [0, 0.1) is 0 Å². The van der Waals surface area contributed by atoms with E-state index in [4.69, 9.17) is 24.4 Å². The normalized spacial score (nSPS) is 11.3. The van der Waals surface area contributed by atoms with Crippen molar-refractivity contribution in [3.63, 3.8) is 0 Å². The fourth-order valence-electron chi connectivity index (χ4n) is 8.12. The number of pyridine rings is 1. The number of fused-ring (bicyclic) bond motifs is 3. The van der Waals surface area contributed by atoms with Gasteiger partial charge < -0.3 is 4.42 Å². The highest BCUT2D eigenvalue weighted by atomic mass is 16.3. The number of hydrogen-bond acceptors (Lipinski definition) is 5. The molecule has 3 aromatic heterocycles. The van der Waals surface area contributed by atoms with Gasteiger partial charge in [-0.2, -0.15) is 0 Å². The highest BCUT2D eigenvalue weighted by Crippen LogP contribution is 2.40. The van der Waals surface area contributed by atoms with Gasteiger partial charge in [0.25, 0.3) is 0 Å². The number of nitrogens with zero attached hydrogens (tertiary/aromatic N) is 4. The molecule has 3 heterocycles. The van der Waals surface area contributed by atoms with Crippen molar-refractivity contribution in [2.24, 2.45) is 0 Å². The van der Waals surface area contributed by atoms with Crippen molar-refractivity contribution < 1.29 is 4.42 Å². The summed E-state index contributed by atoms with van der Waals surface area (Å²) in [4.78, 5) is 20.4. The van der Waals surface area contributed by atoms with Gasteiger partial charge in [-0.3, -0.25) is 4.98 Å². The molecule has 0 N–H and O–H groups in total. The highest BCUT2D eigenvalue weighted by Gasteiger charge is 2.21. The summed E-state index contributed by atoms with van der Waals surface area (Å²) in [6.45, 7) is 0. The summed E-state index contributed by atoms with van der Waals surface area (Å²) >= 11 is 0. The molecule has 0 unspecified atom stereocenters. The van der Waals surface area contributed by atoms with Gasteiger partial charge in [0.2, 0.25) is 0 Å². The molecule has 11 rings (SSSR count). The molecule has 0 atom stereocenters. The number of para-hydroxylation sites is 1. The first-order valence-electron chi connectivity index (χ1n) is 20.4. The summed E-state index contributed by atoms with van der Waals surface area (Å²) in [5, 5.41) is 1.80. The summed E-state index contributed by atoms with van der Waals surface area (Å²) in [6, 6.07) is 73.5. The SMILES string of the molecule is c1ccc(-c2ccc(-c3cccc(-c4nc(-c5ccc(-c6ccccc6)cc5)nc(-c5nccc6oc7c(-c8ccc(-c9ccccc9)cc8)cccc7c56)n4)c3)cc2)cc1. The lowest BCUT2D eigenvalue weighted by Crippen LogP contribution is -2.01. The van der Waals surface area contributed by atoms with Gasteiger partial charge in [-0.25, -0.2) is 15.0 Å². The molecule has 0 aliphatic heterocycles. The second-order valence-corrected chi connectivity index (χ2v) is 15.0. The second kappa shape index (κ2) is 15.5. The summed E-state index contributed by atoms with van der Waals surface area (Å²) in [5.74, 6) is 1.58. The van der Waals surface area contributed by atoms with Crippen LogP contribution >= 0.6 is 0 Å². The minimum Gasteiger partial charge on any atom is -0.455 e. The van der Waals surface area contributed by atoms with Gasteiger partial charge in [-0.05, 0) is 62.2 Å². The fourth-order valence-corrected chi connectivity index (χ4v) is 8.12. The topological polar surface area (TPSA) is 64.7 Å². The first-order chi connectivity index (χ1) is 30.2. The van der Waals surface area contributed by atoms with E-state index in [1.807, 2.05) is 24.3 Å². The molecule has 61 heavy (non-hydrogen) atoms. The molecule has 5 nitrogen and oxygen atoms in total. The van der Waals surface area contributed by atoms with Gasteiger partial charge in [0.05, 0.1) is 5.39 Å². The lowest BCUT2D eigenvalue weighted by atomic mass is 9.98. The Kier molecular flexibility index (Phi) is 9.10. The van der Waals surface area contributed by atoms with Crippen LogP contribution in [0.25, 0.3) is 112 Å². The Balaban J connectivity index is 1.03. The molecule has 0 fully saturated rings. The summed E-state index contributed by atoms with van der Waals surface area (Å²) in [5.41, 5.74) is 15.1. The van der Waals surface area contributed by atoms with Crippen molar-refractivity contribution in [3.8, 4) is 89.9 Å². The van der Waals surface area contributed by atoms with Gasteiger partial charge in [-0.15, -0.1) is 0 Å². The molecular weight excluding hydrogens is 745 g/mol. The van der Waals surface area contributed by atoms with Crippen LogP contribution in [-0.2, 0) is 0 Å². The molecule has 11 aromatic rings. The number of aromatic nitrogens is 4. The van der Waals surface area contributed by atoms with E-state index in [2.05, 4.69) is 188 Å². The maximum absolute atomic E-state index is 6.69. The Hall–Kier alpha value is -8.28. The number of benzene rings is 8. The number of furan rings is 1. The summed E-state index contributed by atoms with van der Waals surface area (Å²) < 4.78 is 6.69. The molecule has 0 radical (unpaired) electrons. The Labute approximate surface area is 353 Å². The molecule has 0 aliphatic rings. The van der Waals surface area contributed by atoms with Crippen LogP contribution in [0.3, 0.4) is 0 Å². The lowest BCUT2D eigenvalue weighted by molar-refractivity contribution is 0.669. The van der Waals surface area contributed by atoms with Crippen LogP contribution < -0.4 is 0 Å². The summed E-state index contributed by atoms with van der Waals surface area (Å²) in [6.07, 6.45) is 1.77. The molecule has 0 bridgehead atoms. The Morgan fingerprint density at radius 2 is 0.738 bits per heavy atom. The fraction of sp³-hybridized carbons (Fsp3) is 0. The van der Waals surface area contributed by atoms with E-state index in [0.29, 0.717) is 28.8 Å². The van der Waals surface area contributed by atoms with E-state index in [1.165, 1.54) is 16.7 Å². The van der Waals surface area contributed by atoms with Crippen molar-refractivity contribution in [3.05, 3.63) is 219 Å². The standard InChI is InChI=1S/C56H36N4O/c1-4-12-37(13-5-1)40-22-24-43(25-23-40)46-18-10-19-47(36-46)55-58-54(45-32-28-42(29-33-45)39-16-8-3-9-17-39)59-56(60-55)52-51-49-21-11-20-48(53(49)61-50(51)34-35-57-52)44-30-26-41(27-31-44)38-14-6-2-7-15-38/h1-36H. The molecule has 286 valence electrons. The summed E-state index contributed by atoms with van der Waals surface area (Å²) in [7, 11) is 0. The predicted molar refractivity (Wildman–Crippen MR) is 248 cm³/mol. The zero-order valence-electron chi connectivity index (χ0n) is 33.0. The molecule has 0 aliphatic carbocycles. The highest BCUT2D eigenvalue weighted by molar-refractivity contribution is 6.14. The molecule has 0 saturated heterocycles. The van der Waals surface area contributed by atoms with E-state index < -0.39 is 0 Å². The third-order valence-corrected chi connectivity index (χ3v) is 11.3. The van der Waals surface area contributed by atoms with Gasteiger partial charge >= 0.3 is 0 Å². The van der Waals surface area contributed by atoms with Crippen LogP contribution in [0.2, 0.25) is 0 Å². The molecule has 8 aromatic carbocycles. The molecule has 5 heteroatoms. The Bertz CT molecular complexity index is 3310. The molecule has 0 amide bonds. The van der Waals surface area contributed by atoms with E-state index in [0.717, 1.165) is 66.4 Å². The smallest absolute Gasteiger partial charge is 0.183 e. The Morgan fingerprint density at radius 3 is 1.31 bits per heavy atom. The second-order valence-electron chi connectivity index (χ2n) is 15.0. The maximum atomic E-state index is 6.69. The zero-order chi connectivity index (χ0) is 40.5. The largest absolute Gasteiger partial charge is 0.455 e. The van der Waals surface area contributed by atoms with Gasteiger partial charge in [0.15, 0.2) is 17.5 Å². The third kappa shape index (κ3) is 6.94. The number of rotatable bonds is 8. The molecule has 0 saturated carbocycles. The first kappa shape index (κ1) is 35.8. The maximum Gasteiger partial charge on any atom is 0.183 e. The molecule has 0 spiro atoms. The predicted octanol–water partition coefficient (Wildman–Crippen LogP) is 14.5. The van der Waals surface area contributed by atoms with Gasteiger partial charge in [-0.1, -0.05) is 200 Å².